The van der Waals surface area contributed by atoms with Crippen LogP contribution >= 0.6 is 0 Å². The maximum atomic E-state index is 14.2. The average molecular weight is 358 g/mol. The number of H-pyrrole nitrogens is 1. The number of hydrogen-bond acceptors (Lipinski definition) is 3. The van der Waals surface area contributed by atoms with Crippen molar-refractivity contribution in [1.82, 2.24) is 20.3 Å². The van der Waals surface area contributed by atoms with Gasteiger partial charge in [-0.15, -0.1) is 13.2 Å². The zero-order chi connectivity index (χ0) is 18.4. The van der Waals surface area contributed by atoms with Crippen LogP contribution in [0.3, 0.4) is 0 Å². The third kappa shape index (κ3) is 5.01. The summed E-state index contributed by atoms with van der Waals surface area (Å²) in [6, 6.07) is 0. The number of aromatic nitrogens is 3. The summed E-state index contributed by atoms with van der Waals surface area (Å²) >= 11 is 0. The van der Waals surface area contributed by atoms with Gasteiger partial charge in [0.1, 0.15) is 11.6 Å². The SMILES string of the molecule is C=C.Fc1cnc2nc(CCCC(F)(F)F)[nH]c2c1C1CCNCC1. The fourth-order valence-electron chi connectivity index (χ4n) is 3.08. The van der Waals surface area contributed by atoms with Crippen molar-refractivity contribution < 1.29 is 17.6 Å². The Balaban J connectivity index is 0.00000109. The lowest BCUT2D eigenvalue weighted by atomic mass is 9.90. The number of pyridine rings is 1. The van der Waals surface area contributed by atoms with Crippen molar-refractivity contribution in [3.63, 3.8) is 0 Å². The largest absolute Gasteiger partial charge is 0.389 e. The minimum Gasteiger partial charge on any atom is -0.340 e. The van der Waals surface area contributed by atoms with E-state index in [0.717, 1.165) is 32.1 Å². The van der Waals surface area contributed by atoms with Crippen molar-refractivity contribution >= 4 is 11.2 Å². The van der Waals surface area contributed by atoms with Gasteiger partial charge in [0.25, 0.3) is 0 Å². The number of aryl methyl sites for hydroxylation is 1. The van der Waals surface area contributed by atoms with Crippen molar-refractivity contribution in [3.05, 3.63) is 36.6 Å². The molecule has 8 heteroatoms. The second kappa shape index (κ2) is 8.42. The Labute approximate surface area is 143 Å². The van der Waals surface area contributed by atoms with E-state index < -0.39 is 12.6 Å². The van der Waals surface area contributed by atoms with E-state index >= 15 is 0 Å². The smallest absolute Gasteiger partial charge is 0.340 e. The first kappa shape index (κ1) is 19.4. The van der Waals surface area contributed by atoms with Gasteiger partial charge in [-0.05, 0) is 38.3 Å². The van der Waals surface area contributed by atoms with Gasteiger partial charge in [0.15, 0.2) is 5.65 Å². The van der Waals surface area contributed by atoms with Crippen molar-refractivity contribution in [2.75, 3.05) is 13.1 Å². The van der Waals surface area contributed by atoms with E-state index in [1.165, 1.54) is 0 Å². The molecule has 0 aromatic carbocycles. The lowest BCUT2D eigenvalue weighted by Crippen LogP contribution is -2.27. The second-order valence-electron chi connectivity index (χ2n) is 5.89. The topological polar surface area (TPSA) is 53.6 Å². The third-order valence-corrected chi connectivity index (χ3v) is 4.18. The molecule has 3 heterocycles. The number of rotatable bonds is 4. The number of imidazole rings is 1. The van der Waals surface area contributed by atoms with Gasteiger partial charge >= 0.3 is 6.18 Å². The van der Waals surface area contributed by atoms with Gasteiger partial charge in [-0.2, -0.15) is 13.2 Å². The van der Waals surface area contributed by atoms with Gasteiger partial charge in [-0.1, -0.05) is 0 Å². The summed E-state index contributed by atoms with van der Waals surface area (Å²) in [6.45, 7) is 7.64. The number of halogens is 4. The highest BCUT2D eigenvalue weighted by atomic mass is 19.4. The first-order chi connectivity index (χ1) is 11.9. The van der Waals surface area contributed by atoms with Gasteiger partial charge in [0.2, 0.25) is 0 Å². The lowest BCUT2D eigenvalue weighted by molar-refractivity contribution is -0.135. The quantitative estimate of drug-likeness (QED) is 0.635. The molecule has 0 spiro atoms. The molecule has 0 amide bonds. The maximum Gasteiger partial charge on any atom is 0.389 e. The van der Waals surface area contributed by atoms with Crippen LogP contribution in [-0.4, -0.2) is 34.2 Å². The summed E-state index contributed by atoms with van der Waals surface area (Å²) in [5.41, 5.74) is 1.46. The van der Waals surface area contributed by atoms with Gasteiger partial charge in [-0.25, -0.2) is 14.4 Å². The molecule has 0 unspecified atom stereocenters. The molecule has 1 fully saturated rings. The molecular formula is C17H22F4N4. The predicted octanol–water partition coefficient (Wildman–Crippen LogP) is 4.25. The Morgan fingerprint density at radius 1 is 1.20 bits per heavy atom. The first-order valence-corrected chi connectivity index (χ1v) is 8.24. The highest BCUT2D eigenvalue weighted by molar-refractivity contribution is 5.75. The van der Waals surface area contributed by atoms with Crippen LogP contribution in [0.1, 0.15) is 43.0 Å². The second-order valence-corrected chi connectivity index (χ2v) is 5.89. The molecule has 2 aromatic rings. The van der Waals surface area contributed by atoms with Gasteiger partial charge in [-0.3, -0.25) is 0 Å². The first-order valence-electron chi connectivity index (χ1n) is 8.24. The molecule has 4 nitrogen and oxygen atoms in total. The molecule has 2 N–H and O–H groups in total. The Hall–Kier alpha value is -1.96. The van der Waals surface area contributed by atoms with E-state index in [4.69, 9.17) is 0 Å². The highest BCUT2D eigenvalue weighted by Gasteiger charge is 2.27. The van der Waals surface area contributed by atoms with Crippen molar-refractivity contribution in [1.29, 1.82) is 0 Å². The standard InChI is InChI=1S/C15H18F4N4.C2H4/c16-10-8-21-14-13(12(10)9-3-6-20-7-4-9)22-11(23-14)2-1-5-15(17,18)19;1-2/h8-9,20H,1-7H2,(H,21,22,23);1-2H2. The molecule has 0 aliphatic carbocycles. The van der Waals surface area contributed by atoms with Crippen LogP contribution in [0, 0.1) is 5.82 Å². The summed E-state index contributed by atoms with van der Waals surface area (Å²) in [7, 11) is 0. The Bertz CT molecular complexity index is 690. The number of nitrogens with zero attached hydrogens (tertiary/aromatic N) is 2. The lowest BCUT2D eigenvalue weighted by Gasteiger charge is -2.23. The zero-order valence-corrected chi connectivity index (χ0v) is 13.9. The zero-order valence-electron chi connectivity index (χ0n) is 13.9. The van der Waals surface area contributed by atoms with Gasteiger partial charge in [0.05, 0.1) is 11.7 Å². The van der Waals surface area contributed by atoms with E-state index in [9.17, 15) is 17.6 Å². The van der Waals surface area contributed by atoms with E-state index in [-0.39, 0.29) is 24.6 Å². The Kier molecular flexibility index (Phi) is 6.52. The predicted molar refractivity (Wildman–Crippen MR) is 88.9 cm³/mol. The van der Waals surface area contributed by atoms with Crippen molar-refractivity contribution in [3.8, 4) is 0 Å². The highest BCUT2D eigenvalue weighted by Crippen LogP contribution is 2.32. The molecule has 1 aliphatic rings. The van der Waals surface area contributed by atoms with E-state index in [2.05, 4.69) is 33.4 Å². The number of alkyl halides is 3. The summed E-state index contributed by atoms with van der Waals surface area (Å²) in [6.07, 6.45) is -2.11. The number of aromatic amines is 1. The Morgan fingerprint density at radius 3 is 2.52 bits per heavy atom. The van der Waals surface area contributed by atoms with Crippen molar-refractivity contribution in [2.45, 2.75) is 44.2 Å². The minimum atomic E-state index is -4.17. The molecule has 25 heavy (non-hydrogen) atoms. The fraction of sp³-hybridized carbons (Fsp3) is 0.529. The molecule has 2 aromatic heterocycles. The molecule has 138 valence electrons. The molecule has 0 bridgehead atoms. The molecule has 1 aliphatic heterocycles. The van der Waals surface area contributed by atoms with Crippen LogP contribution in [0.15, 0.2) is 19.4 Å². The van der Waals surface area contributed by atoms with Crippen LogP contribution in [-0.2, 0) is 6.42 Å². The average Bonchev–Trinajstić information content (AvgIpc) is 2.99. The summed E-state index contributed by atoms with van der Waals surface area (Å²) in [5, 5.41) is 3.23. The maximum absolute atomic E-state index is 14.2. The molecule has 3 rings (SSSR count). The fourth-order valence-corrected chi connectivity index (χ4v) is 3.08. The van der Waals surface area contributed by atoms with Crippen LogP contribution in [0.5, 0.6) is 0 Å². The summed E-state index contributed by atoms with van der Waals surface area (Å²) in [4.78, 5) is 11.2. The Morgan fingerprint density at radius 2 is 1.88 bits per heavy atom. The van der Waals surface area contributed by atoms with E-state index in [1.807, 2.05) is 0 Å². The molecule has 1 saturated heterocycles. The molecule has 0 atom stereocenters. The number of nitrogens with one attached hydrogen (secondary N) is 2. The number of hydrogen-bond donors (Lipinski definition) is 2. The monoisotopic (exact) mass is 358 g/mol. The third-order valence-electron chi connectivity index (χ3n) is 4.18. The number of fused-ring (bicyclic) bond motifs is 1. The minimum absolute atomic E-state index is 0.0471. The van der Waals surface area contributed by atoms with Gasteiger partial charge < -0.3 is 10.3 Å². The van der Waals surface area contributed by atoms with E-state index in [0.29, 0.717) is 22.6 Å². The van der Waals surface area contributed by atoms with Crippen LogP contribution in [0.25, 0.3) is 11.2 Å². The summed E-state index contributed by atoms with van der Waals surface area (Å²) in [5.74, 6) is 0.123. The molecule has 0 radical (unpaired) electrons. The van der Waals surface area contributed by atoms with Crippen molar-refractivity contribution in [2.24, 2.45) is 0 Å². The molecule has 0 saturated carbocycles. The van der Waals surface area contributed by atoms with Gasteiger partial charge in [0, 0.05) is 18.4 Å². The molecular weight excluding hydrogens is 336 g/mol. The normalized spacial score (nSPS) is 15.8. The summed E-state index contributed by atoms with van der Waals surface area (Å²) < 4.78 is 50.9. The van der Waals surface area contributed by atoms with Crippen LogP contribution in [0.2, 0.25) is 0 Å². The van der Waals surface area contributed by atoms with Crippen LogP contribution < -0.4 is 5.32 Å². The van der Waals surface area contributed by atoms with Crippen LogP contribution in [0.4, 0.5) is 17.6 Å². The van der Waals surface area contributed by atoms with E-state index in [1.54, 1.807) is 0 Å². The number of piperidine rings is 1.